The third-order valence-electron chi connectivity index (χ3n) is 3.13. The van der Waals surface area contributed by atoms with Gasteiger partial charge in [0.1, 0.15) is 5.75 Å². The zero-order valence-electron chi connectivity index (χ0n) is 12.6. The number of para-hydroxylation sites is 1. The van der Waals surface area contributed by atoms with Gasteiger partial charge in [-0.2, -0.15) is 9.50 Å². The average Bonchev–Trinajstić information content (AvgIpc) is 2.91. The van der Waals surface area contributed by atoms with Crippen LogP contribution in [0.4, 0.5) is 5.95 Å². The van der Waals surface area contributed by atoms with Gasteiger partial charge in [-0.15, -0.1) is 0 Å². The number of fused-ring (bicyclic) bond motifs is 1. The van der Waals surface area contributed by atoms with E-state index in [9.17, 15) is 9.59 Å². The first-order valence-electron chi connectivity index (χ1n) is 7.02. The number of H-pyrrole nitrogens is 1. The molecule has 8 nitrogen and oxygen atoms in total. The molecule has 0 saturated carbocycles. The van der Waals surface area contributed by atoms with Crippen LogP contribution in [0.15, 0.2) is 41.2 Å². The topological polar surface area (TPSA) is 101 Å². The molecule has 0 spiro atoms. The summed E-state index contributed by atoms with van der Waals surface area (Å²) in [5.41, 5.74) is 0.259. The van der Waals surface area contributed by atoms with Gasteiger partial charge in [0.2, 0.25) is 5.95 Å². The number of rotatable bonds is 4. The molecule has 0 aliphatic rings. The van der Waals surface area contributed by atoms with Gasteiger partial charge in [-0.1, -0.05) is 18.2 Å². The number of aryl methyl sites for hydroxylation is 1. The highest BCUT2D eigenvalue weighted by Crippen LogP contribution is 2.11. The van der Waals surface area contributed by atoms with Crippen LogP contribution in [-0.2, 0) is 4.79 Å². The Balaban J connectivity index is 1.75. The first-order valence-corrected chi connectivity index (χ1v) is 7.02. The molecule has 23 heavy (non-hydrogen) atoms. The maximum atomic E-state index is 12.1. The Bertz CT molecular complexity index is 900. The minimum absolute atomic E-state index is 0.133. The van der Waals surface area contributed by atoms with E-state index < -0.39 is 12.0 Å². The van der Waals surface area contributed by atoms with Crippen LogP contribution in [-0.4, -0.2) is 31.6 Å². The number of amides is 1. The molecule has 2 aromatic heterocycles. The fraction of sp³-hybridized carbons (Fsp3) is 0.200. The lowest BCUT2D eigenvalue weighted by atomic mass is 10.3. The maximum absolute atomic E-state index is 12.1. The molecular formula is C15H15N5O3. The van der Waals surface area contributed by atoms with Crippen LogP contribution in [0, 0.1) is 6.92 Å². The number of nitrogens with zero attached hydrogens (tertiary/aromatic N) is 3. The second-order valence-electron chi connectivity index (χ2n) is 5.01. The van der Waals surface area contributed by atoms with Crippen molar-refractivity contribution in [3.8, 4) is 5.75 Å². The molecular weight excluding hydrogens is 298 g/mol. The highest BCUT2D eigenvalue weighted by Gasteiger charge is 2.17. The van der Waals surface area contributed by atoms with Gasteiger partial charge in [-0.3, -0.25) is 20.0 Å². The molecule has 0 unspecified atom stereocenters. The summed E-state index contributed by atoms with van der Waals surface area (Å²) in [7, 11) is 0. The molecule has 0 radical (unpaired) electrons. The monoisotopic (exact) mass is 313 g/mol. The standard InChI is InChI=1S/C15H15N5O3/c1-9-8-12(21)20-15(16-9)18-14(19-20)17-13(22)10(2)23-11-6-4-3-5-7-11/h3-8,10H,1-2H3,(H2,16,17,18,19,22)/t10-/m1/s1. The summed E-state index contributed by atoms with van der Waals surface area (Å²) in [6.45, 7) is 3.32. The van der Waals surface area contributed by atoms with Crippen LogP contribution < -0.4 is 15.6 Å². The quantitative estimate of drug-likeness (QED) is 0.752. The van der Waals surface area contributed by atoms with Crippen LogP contribution in [0.1, 0.15) is 12.6 Å². The van der Waals surface area contributed by atoms with Crippen molar-refractivity contribution in [2.45, 2.75) is 20.0 Å². The Labute approximate surface area is 131 Å². The second kappa shape index (κ2) is 5.91. The summed E-state index contributed by atoms with van der Waals surface area (Å²) in [6, 6.07) is 10.4. The molecule has 0 aliphatic carbocycles. The molecule has 0 bridgehead atoms. The number of carbonyl (C=O) groups excluding carboxylic acids is 1. The van der Waals surface area contributed by atoms with Crippen molar-refractivity contribution < 1.29 is 9.53 Å². The predicted octanol–water partition coefficient (Wildman–Crippen LogP) is 1.13. The Morgan fingerprint density at radius 1 is 1.30 bits per heavy atom. The van der Waals surface area contributed by atoms with Crippen molar-refractivity contribution in [2.24, 2.45) is 0 Å². The molecule has 1 amide bonds. The number of hydrogen-bond donors (Lipinski definition) is 2. The van der Waals surface area contributed by atoms with Crippen LogP contribution in [0.5, 0.6) is 5.75 Å². The molecule has 0 fully saturated rings. The smallest absolute Gasteiger partial charge is 0.274 e. The zero-order chi connectivity index (χ0) is 16.4. The van der Waals surface area contributed by atoms with Gasteiger partial charge in [-0.25, -0.2) is 4.98 Å². The fourth-order valence-corrected chi connectivity index (χ4v) is 2.02. The van der Waals surface area contributed by atoms with Crippen molar-refractivity contribution in [3.63, 3.8) is 0 Å². The van der Waals surface area contributed by atoms with Gasteiger partial charge in [0.15, 0.2) is 6.10 Å². The highest BCUT2D eigenvalue weighted by molar-refractivity contribution is 5.92. The lowest BCUT2D eigenvalue weighted by molar-refractivity contribution is -0.122. The first-order chi connectivity index (χ1) is 11.0. The van der Waals surface area contributed by atoms with E-state index >= 15 is 0 Å². The third kappa shape index (κ3) is 3.20. The predicted molar refractivity (Wildman–Crippen MR) is 83.5 cm³/mol. The summed E-state index contributed by atoms with van der Waals surface area (Å²) < 4.78 is 6.69. The van der Waals surface area contributed by atoms with Gasteiger partial charge in [0.25, 0.3) is 17.2 Å². The molecule has 0 aliphatic heterocycles. The number of aromatic nitrogens is 4. The van der Waals surface area contributed by atoms with E-state index in [-0.39, 0.29) is 17.3 Å². The van der Waals surface area contributed by atoms with Crippen LogP contribution in [0.3, 0.4) is 0 Å². The Hall–Kier alpha value is -3.16. The van der Waals surface area contributed by atoms with Crippen molar-refractivity contribution in [3.05, 3.63) is 52.4 Å². The summed E-state index contributed by atoms with van der Waals surface area (Å²) in [5.74, 6) is 0.529. The number of ether oxygens (including phenoxy) is 1. The van der Waals surface area contributed by atoms with Gasteiger partial charge in [0, 0.05) is 11.8 Å². The Morgan fingerprint density at radius 2 is 2.04 bits per heavy atom. The van der Waals surface area contributed by atoms with E-state index in [4.69, 9.17) is 4.74 Å². The summed E-state index contributed by atoms with van der Waals surface area (Å²) >= 11 is 0. The highest BCUT2D eigenvalue weighted by atomic mass is 16.5. The normalized spacial score (nSPS) is 12.1. The van der Waals surface area contributed by atoms with E-state index in [0.29, 0.717) is 11.4 Å². The van der Waals surface area contributed by atoms with Crippen molar-refractivity contribution >= 4 is 17.6 Å². The lowest BCUT2D eigenvalue weighted by Gasteiger charge is -2.13. The zero-order valence-corrected chi connectivity index (χ0v) is 12.6. The molecule has 3 rings (SSSR count). The molecule has 1 atom stereocenters. The van der Waals surface area contributed by atoms with Gasteiger partial charge >= 0.3 is 0 Å². The number of benzene rings is 1. The third-order valence-corrected chi connectivity index (χ3v) is 3.13. The summed E-state index contributed by atoms with van der Waals surface area (Å²) in [6.07, 6.45) is -0.725. The van der Waals surface area contributed by atoms with E-state index in [1.807, 2.05) is 18.2 Å². The molecule has 1 aromatic carbocycles. The first kappa shape index (κ1) is 14.8. The fourth-order valence-electron chi connectivity index (χ4n) is 2.02. The van der Waals surface area contributed by atoms with Gasteiger partial charge in [0.05, 0.1) is 0 Å². The molecule has 8 heteroatoms. The average molecular weight is 313 g/mol. The molecule has 2 N–H and O–H groups in total. The summed E-state index contributed by atoms with van der Waals surface area (Å²) in [5, 5.41) is 5.25. The number of aromatic amines is 1. The van der Waals surface area contributed by atoms with Gasteiger partial charge in [-0.05, 0) is 26.0 Å². The Kier molecular flexibility index (Phi) is 3.80. The van der Waals surface area contributed by atoms with Crippen molar-refractivity contribution in [2.75, 3.05) is 5.32 Å². The van der Waals surface area contributed by atoms with Gasteiger partial charge < -0.3 is 4.74 Å². The van der Waals surface area contributed by atoms with Crippen LogP contribution in [0.25, 0.3) is 5.78 Å². The molecule has 3 aromatic rings. The van der Waals surface area contributed by atoms with Crippen LogP contribution >= 0.6 is 0 Å². The molecule has 2 heterocycles. The minimum Gasteiger partial charge on any atom is -0.481 e. The maximum Gasteiger partial charge on any atom is 0.274 e. The summed E-state index contributed by atoms with van der Waals surface area (Å²) in [4.78, 5) is 32.1. The lowest BCUT2D eigenvalue weighted by Crippen LogP contribution is -2.30. The van der Waals surface area contributed by atoms with E-state index in [0.717, 1.165) is 4.52 Å². The number of carbonyl (C=O) groups is 1. The number of nitrogens with one attached hydrogen (secondary N) is 2. The number of hydrogen-bond acceptors (Lipinski definition) is 5. The van der Waals surface area contributed by atoms with E-state index in [1.165, 1.54) is 6.07 Å². The SMILES string of the molecule is Cc1cc(=O)n2[nH]c(NC(=O)[C@@H](C)Oc3ccccc3)nc2n1. The second-order valence-corrected chi connectivity index (χ2v) is 5.01. The molecule has 118 valence electrons. The Morgan fingerprint density at radius 3 is 2.78 bits per heavy atom. The van der Waals surface area contributed by atoms with Crippen molar-refractivity contribution in [1.82, 2.24) is 19.6 Å². The van der Waals surface area contributed by atoms with Crippen molar-refractivity contribution in [1.29, 1.82) is 0 Å². The van der Waals surface area contributed by atoms with E-state index in [1.54, 1.807) is 26.0 Å². The van der Waals surface area contributed by atoms with Crippen LogP contribution in [0.2, 0.25) is 0 Å². The largest absolute Gasteiger partial charge is 0.481 e. The molecule has 0 saturated heterocycles. The number of anilines is 1. The van der Waals surface area contributed by atoms with E-state index in [2.05, 4.69) is 20.4 Å². The minimum atomic E-state index is -0.725.